The van der Waals surface area contributed by atoms with Crippen LogP contribution in [0.15, 0.2) is 102 Å². The van der Waals surface area contributed by atoms with E-state index in [1.54, 1.807) is 18.2 Å². The average molecular weight is 529 g/mol. The van der Waals surface area contributed by atoms with E-state index in [1.165, 1.54) is 36.4 Å². The van der Waals surface area contributed by atoms with Gasteiger partial charge in [-0.25, -0.2) is 0 Å². The second kappa shape index (κ2) is 9.43. The minimum absolute atomic E-state index is 0.167. The van der Waals surface area contributed by atoms with Crippen molar-refractivity contribution >= 4 is 42.4 Å². The number of benzene rings is 4. The SMILES string of the molecule is O=c1cc/c(=N\Nc2ccc(S(=O)(=O)O)c3ccccc23)c(=O)/c1=N\Nc1ccc(S(=O)(=O)O)cc1. The number of hydrogen-bond acceptors (Lipinski definition) is 10. The zero-order valence-electron chi connectivity index (χ0n) is 18.0. The van der Waals surface area contributed by atoms with Crippen LogP contribution in [0.1, 0.15) is 0 Å². The number of anilines is 2. The van der Waals surface area contributed by atoms with Gasteiger partial charge in [-0.15, -0.1) is 0 Å². The Morgan fingerprint density at radius 3 is 1.97 bits per heavy atom. The van der Waals surface area contributed by atoms with Crippen LogP contribution in [0, 0.1) is 0 Å². The molecule has 0 bridgehead atoms. The molecule has 0 aromatic heterocycles. The van der Waals surface area contributed by atoms with Gasteiger partial charge < -0.3 is 0 Å². The summed E-state index contributed by atoms with van der Waals surface area (Å²) in [6, 6.07) is 15.9. The molecule has 12 nitrogen and oxygen atoms in total. The molecule has 0 aliphatic carbocycles. The van der Waals surface area contributed by atoms with Gasteiger partial charge in [0.15, 0.2) is 5.36 Å². The van der Waals surface area contributed by atoms with E-state index >= 15 is 0 Å². The molecule has 4 aromatic rings. The fraction of sp³-hybridized carbons (Fsp3) is 0. The Morgan fingerprint density at radius 2 is 1.33 bits per heavy atom. The van der Waals surface area contributed by atoms with Crippen LogP contribution in [-0.2, 0) is 20.2 Å². The maximum Gasteiger partial charge on any atom is 0.295 e. The molecular weight excluding hydrogens is 512 g/mol. The third-order valence-corrected chi connectivity index (χ3v) is 6.76. The van der Waals surface area contributed by atoms with Gasteiger partial charge in [-0.1, -0.05) is 24.3 Å². The molecule has 4 rings (SSSR count). The van der Waals surface area contributed by atoms with Crippen LogP contribution in [0.25, 0.3) is 10.8 Å². The van der Waals surface area contributed by atoms with Crippen LogP contribution in [-0.4, -0.2) is 25.9 Å². The van der Waals surface area contributed by atoms with Crippen LogP contribution >= 0.6 is 0 Å². The van der Waals surface area contributed by atoms with Gasteiger partial charge >= 0.3 is 0 Å². The van der Waals surface area contributed by atoms with Gasteiger partial charge in [-0.2, -0.15) is 27.0 Å². The lowest BCUT2D eigenvalue weighted by molar-refractivity contribution is 0.481. The fourth-order valence-electron chi connectivity index (χ4n) is 3.27. The highest BCUT2D eigenvalue weighted by atomic mass is 32.2. The molecule has 0 spiro atoms. The Labute approximate surface area is 203 Å². The van der Waals surface area contributed by atoms with Gasteiger partial charge in [0.05, 0.1) is 16.3 Å². The molecule has 36 heavy (non-hydrogen) atoms. The molecule has 0 heterocycles. The highest BCUT2D eigenvalue weighted by Crippen LogP contribution is 2.29. The maximum atomic E-state index is 12.8. The summed E-state index contributed by atoms with van der Waals surface area (Å²) in [4.78, 5) is 24.3. The normalized spacial score (nSPS) is 13.2. The fourth-order valence-corrected chi connectivity index (χ4v) is 4.45. The number of rotatable bonds is 6. The number of hydrogen-bond donors (Lipinski definition) is 4. The molecule has 0 fully saturated rings. The second-order valence-electron chi connectivity index (χ2n) is 7.34. The average Bonchev–Trinajstić information content (AvgIpc) is 2.82. The number of nitrogens with zero attached hydrogens (tertiary/aromatic N) is 2. The van der Waals surface area contributed by atoms with E-state index in [9.17, 15) is 31.0 Å². The zero-order valence-corrected chi connectivity index (χ0v) is 19.6. The van der Waals surface area contributed by atoms with E-state index in [-0.39, 0.29) is 26.2 Å². The lowest BCUT2D eigenvalue weighted by atomic mass is 10.1. The predicted molar refractivity (Wildman–Crippen MR) is 130 cm³/mol. The Kier molecular flexibility index (Phi) is 6.51. The van der Waals surface area contributed by atoms with Crippen LogP contribution in [0.4, 0.5) is 11.4 Å². The van der Waals surface area contributed by atoms with E-state index in [2.05, 4.69) is 21.1 Å². The third-order valence-electron chi connectivity index (χ3n) is 4.98. The van der Waals surface area contributed by atoms with Crippen LogP contribution in [0.3, 0.4) is 0 Å². The summed E-state index contributed by atoms with van der Waals surface area (Å²) < 4.78 is 64.1. The minimum atomic E-state index is -4.47. The van der Waals surface area contributed by atoms with E-state index < -0.39 is 36.5 Å². The van der Waals surface area contributed by atoms with Gasteiger partial charge in [0.2, 0.25) is 10.9 Å². The van der Waals surface area contributed by atoms with Gasteiger partial charge in [-0.3, -0.25) is 29.5 Å². The number of nitrogens with one attached hydrogen (secondary N) is 2. The first-order chi connectivity index (χ1) is 16.9. The molecule has 0 aliphatic rings. The van der Waals surface area contributed by atoms with Gasteiger partial charge in [0.1, 0.15) is 10.3 Å². The quantitative estimate of drug-likeness (QED) is 0.205. The van der Waals surface area contributed by atoms with Crippen molar-refractivity contribution in [2.45, 2.75) is 9.79 Å². The van der Waals surface area contributed by atoms with Crippen LogP contribution in [0.2, 0.25) is 0 Å². The lowest BCUT2D eigenvalue weighted by Crippen LogP contribution is -2.47. The molecule has 0 amide bonds. The highest BCUT2D eigenvalue weighted by molar-refractivity contribution is 7.86. The number of fused-ring (bicyclic) bond motifs is 1. The van der Waals surface area contributed by atoms with E-state index in [0.29, 0.717) is 11.1 Å². The molecule has 0 unspecified atom stereocenters. The Bertz CT molecular complexity index is 1930. The van der Waals surface area contributed by atoms with Crippen molar-refractivity contribution in [2.24, 2.45) is 10.2 Å². The van der Waals surface area contributed by atoms with Crippen LogP contribution in [0.5, 0.6) is 0 Å². The Morgan fingerprint density at radius 1 is 0.667 bits per heavy atom. The second-order valence-corrected chi connectivity index (χ2v) is 10.2. The summed E-state index contributed by atoms with van der Waals surface area (Å²) in [6.07, 6.45) is 0. The van der Waals surface area contributed by atoms with Crippen molar-refractivity contribution in [2.75, 3.05) is 10.9 Å². The summed E-state index contributed by atoms with van der Waals surface area (Å²) in [7, 11) is -8.85. The topological polar surface area (TPSA) is 192 Å². The highest BCUT2D eigenvalue weighted by Gasteiger charge is 2.15. The molecule has 0 radical (unpaired) electrons. The van der Waals surface area contributed by atoms with Crippen molar-refractivity contribution in [1.29, 1.82) is 0 Å². The van der Waals surface area contributed by atoms with Crippen molar-refractivity contribution in [3.63, 3.8) is 0 Å². The molecule has 184 valence electrons. The summed E-state index contributed by atoms with van der Waals surface area (Å²) in [5.74, 6) is 0. The Hall–Kier alpha value is -4.24. The molecule has 4 aromatic carbocycles. The Balaban J connectivity index is 1.70. The minimum Gasteiger partial charge on any atom is -0.287 e. The summed E-state index contributed by atoms with van der Waals surface area (Å²) >= 11 is 0. The molecule has 0 saturated heterocycles. The summed E-state index contributed by atoms with van der Waals surface area (Å²) in [6.45, 7) is 0. The first kappa shape index (κ1) is 24.9. The first-order valence-electron chi connectivity index (χ1n) is 9.96. The van der Waals surface area contributed by atoms with Crippen molar-refractivity contribution in [3.8, 4) is 0 Å². The van der Waals surface area contributed by atoms with Crippen molar-refractivity contribution in [3.05, 3.63) is 104 Å². The predicted octanol–water partition coefficient (Wildman–Crippen LogP) is 0.785. The smallest absolute Gasteiger partial charge is 0.287 e. The van der Waals surface area contributed by atoms with E-state index in [4.69, 9.17) is 4.55 Å². The third kappa shape index (κ3) is 5.21. The molecule has 0 saturated carbocycles. The molecule has 0 aliphatic heterocycles. The van der Waals surface area contributed by atoms with Crippen molar-refractivity contribution < 1.29 is 25.9 Å². The van der Waals surface area contributed by atoms with Gasteiger partial charge in [0, 0.05) is 10.8 Å². The van der Waals surface area contributed by atoms with Crippen LogP contribution < -0.4 is 32.4 Å². The largest absolute Gasteiger partial charge is 0.295 e. The summed E-state index contributed by atoms with van der Waals surface area (Å²) in [5, 5.41) is 7.81. The molecular formula is C22H16N4O8S2. The lowest BCUT2D eigenvalue weighted by Gasteiger charge is -2.08. The van der Waals surface area contributed by atoms with E-state index in [0.717, 1.165) is 18.2 Å². The summed E-state index contributed by atoms with van der Waals surface area (Å²) in [5.41, 5.74) is 4.22. The standard InChI is InChI=1S/C22H16N4O8S2/c27-19-11-9-18(22(28)21(19)26-23-13-5-7-14(8-6-13)35(29,30)31)25-24-17-10-12-20(36(32,33)34)16-4-2-1-3-15(16)17/h1-12,23-24H,(H,29,30,31)(H,32,33,34)/b25-18+,26-21-. The van der Waals surface area contributed by atoms with E-state index in [1.807, 2.05) is 0 Å². The molecule has 0 atom stereocenters. The zero-order chi connectivity index (χ0) is 26.1. The molecule has 14 heteroatoms. The maximum absolute atomic E-state index is 12.8. The van der Waals surface area contributed by atoms with Gasteiger partial charge in [0.25, 0.3) is 20.2 Å². The molecule has 4 N–H and O–H groups in total. The van der Waals surface area contributed by atoms with Crippen molar-refractivity contribution in [1.82, 2.24) is 0 Å². The monoisotopic (exact) mass is 528 g/mol. The first-order valence-corrected chi connectivity index (χ1v) is 12.8. The van der Waals surface area contributed by atoms with Gasteiger partial charge in [-0.05, 0) is 48.5 Å².